The molecule has 5 atom stereocenters. The Morgan fingerprint density at radius 1 is 1.24 bits per heavy atom. The summed E-state index contributed by atoms with van der Waals surface area (Å²) in [5, 5.41) is 15.1. The van der Waals surface area contributed by atoms with Crippen LogP contribution in [0.1, 0.15) is 64.0 Å². The van der Waals surface area contributed by atoms with Crippen LogP contribution in [0.3, 0.4) is 0 Å². The molecule has 5 aliphatic rings. The number of benzene rings is 1. The van der Waals surface area contributed by atoms with Gasteiger partial charge in [-0.05, 0) is 82.1 Å². The molecular formula is C27H42N2O3Si. The van der Waals surface area contributed by atoms with E-state index in [1.54, 1.807) is 0 Å². The third-order valence-corrected chi connectivity index (χ3v) is 14.6. The fourth-order valence-corrected chi connectivity index (χ4v) is 8.34. The third kappa shape index (κ3) is 3.09. The minimum absolute atomic E-state index is 0.00381. The van der Waals surface area contributed by atoms with Gasteiger partial charge in [-0.15, -0.1) is 0 Å². The van der Waals surface area contributed by atoms with Gasteiger partial charge in [-0.2, -0.15) is 0 Å². The number of hydrogen-bond donors (Lipinski definition) is 2. The van der Waals surface area contributed by atoms with Crippen molar-refractivity contribution < 1.29 is 14.3 Å². The maximum atomic E-state index is 11.4. The van der Waals surface area contributed by atoms with E-state index >= 15 is 0 Å². The lowest BCUT2D eigenvalue weighted by atomic mass is 9.51. The van der Waals surface area contributed by atoms with Crippen molar-refractivity contribution in [2.24, 2.45) is 11.8 Å². The molecule has 0 amide bonds. The number of aromatic hydroxyl groups is 1. The summed E-state index contributed by atoms with van der Waals surface area (Å²) in [5.74, 6) is 3.67. The van der Waals surface area contributed by atoms with Crippen molar-refractivity contribution in [3.63, 3.8) is 0 Å². The molecule has 2 N–H and O–H groups in total. The van der Waals surface area contributed by atoms with Gasteiger partial charge < -0.3 is 19.6 Å². The summed E-state index contributed by atoms with van der Waals surface area (Å²) in [6, 6.07) is 2.76. The first-order valence-corrected chi connectivity index (χ1v) is 16.1. The summed E-state index contributed by atoms with van der Waals surface area (Å²) < 4.78 is 13.8. The lowest BCUT2D eigenvalue weighted by Gasteiger charge is -2.59. The van der Waals surface area contributed by atoms with E-state index in [4.69, 9.17) is 9.16 Å². The Bertz CT molecular complexity index is 969. The van der Waals surface area contributed by atoms with E-state index in [1.807, 2.05) is 6.07 Å². The number of phenols is 1. The molecule has 3 fully saturated rings. The normalized spacial score (nSPS) is 35.2. The van der Waals surface area contributed by atoms with E-state index in [0.29, 0.717) is 23.8 Å². The van der Waals surface area contributed by atoms with Crippen molar-refractivity contribution in [1.29, 1.82) is 0 Å². The van der Waals surface area contributed by atoms with Crippen LogP contribution in [0.2, 0.25) is 18.1 Å². The van der Waals surface area contributed by atoms with Gasteiger partial charge in [0.1, 0.15) is 11.9 Å². The highest BCUT2D eigenvalue weighted by Gasteiger charge is 2.66. The summed E-state index contributed by atoms with van der Waals surface area (Å²) in [4.78, 5) is 2.78. The Balaban J connectivity index is 1.49. The molecule has 2 aliphatic heterocycles. The van der Waals surface area contributed by atoms with Crippen LogP contribution >= 0.6 is 0 Å². The van der Waals surface area contributed by atoms with Crippen molar-refractivity contribution in [3.8, 4) is 17.2 Å². The fourth-order valence-electron chi connectivity index (χ4n) is 7.34. The molecule has 2 saturated carbocycles. The number of nitrogens with zero attached hydrogens (tertiary/aromatic N) is 1. The Morgan fingerprint density at radius 3 is 2.67 bits per heavy atom. The standard InChI is InChI=1S/C27H42N2O3Si/c1-26(2,3)33(5,6)32-22-14-21(30)17-13-20-18-9-10-19(28-4)25-27(18,23(17)24(22)31-25)11-12-29(20)15-16-7-8-16/h14,16,18-20,25,28,30H,7-13,15H2,1-6H3/t18-,19-,20+,25-,27-/m0/s1. The van der Waals surface area contributed by atoms with Crippen LogP contribution in [-0.2, 0) is 11.8 Å². The van der Waals surface area contributed by atoms with Crippen LogP contribution in [0, 0.1) is 11.8 Å². The minimum Gasteiger partial charge on any atom is -0.541 e. The number of hydrogen-bond acceptors (Lipinski definition) is 5. The van der Waals surface area contributed by atoms with Crippen molar-refractivity contribution >= 4 is 8.32 Å². The molecule has 2 bridgehead atoms. The predicted molar refractivity (Wildman–Crippen MR) is 134 cm³/mol. The Hall–Kier alpha value is -1.24. The predicted octanol–water partition coefficient (Wildman–Crippen LogP) is 4.81. The van der Waals surface area contributed by atoms with Gasteiger partial charge >= 0.3 is 0 Å². The van der Waals surface area contributed by atoms with Gasteiger partial charge in [-0.3, -0.25) is 4.90 Å². The number of likely N-dealkylation sites (N-methyl/N-ethyl adjacent to an activating group) is 1. The zero-order chi connectivity index (χ0) is 23.3. The highest BCUT2D eigenvalue weighted by Crippen LogP contribution is 2.65. The zero-order valence-electron chi connectivity index (χ0n) is 21.3. The van der Waals surface area contributed by atoms with Crippen LogP contribution in [0.5, 0.6) is 17.2 Å². The van der Waals surface area contributed by atoms with Crippen LogP contribution in [-0.4, -0.2) is 56.6 Å². The van der Waals surface area contributed by atoms with Crippen LogP contribution in [0.4, 0.5) is 0 Å². The van der Waals surface area contributed by atoms with E-state index < -0.39 is 8.32 Å². The molecule has 1 saturated heterocycles. The average Bonchev–Trinajstić information content (AvgIpc) is 3.49. The fraction of sp³-hybridized carbons (Fsp3) is 0.778. The molecule has 6 heteroatoms. The molecule has 0 radical (unpaired) electrons. The Kier molecular flexibility index (Phi) is 4.81. The van der Waals surface area contributed by atoms with Gasteiger partial charge in [0.2, 0.25) is 0 Å². The first-order valence-electron chi connectivity index (χ1n) is 13.2. The van der Waals surface area contributed by atoms with Crippen molar-refractivity contribution in [2.45, 2.75) is 101 Å². The molecule has 1 aromatic rings. The van der Waals surface area contributed by atoms with Gasteiger partial charge in [0.15, 0.2) is 11.5 Å². The largest absolute Gasteiger partial charge is 0.541 e. The molecule has 6 rings (SSSR count). The molecule has 0 aromatic heterocycles. The van der Waals surface area contributed by atoms with Gasteiger partial charge in [-0.1, -0.05) is 20.8 Å². The maximum absolute atomic E-state index is 11.4. The summed E-state index contributed by atoms with van der Waals surface area (Å²) in [5.41, 5.74) is 2.46. The number of piperidine rings is 1. The third-order valence-electron chi connectivity index (χ3n) is 10.3. The lowest BCUT2D eigenvalue weighted by molar-refractivity contribution is -0.0651. The first-order chi connectivity index (χ1) is 15.6. The molecule has 1 spiro atoms. The van der Waals surface area contributed by atoms with E-state index in [1.165, 1.54) is 31.4 Å². The van der Waals surface area contributed by atoms with E-state index in [9.17, 15) is 5.11 Å². The topological polar surface area (TPSA) is 54.0 Å². The quantitative estimate of drug-likeness (QED) is 0.605. The van der Waals surface area contributed by atoms with E-state index in [-0.39, 0.29) is 16.6 Å². The monoisotopic (exact) mass is 470 g/mol. The number of rotatable bonds is 5. The van der Waals surface area contributed by atoms with Gasteiger partial charge in [-0.25, -0.2) is 0 Å². The lowest BCUT2D eigenvalue weighted by Crippen LogP contribution is -2.68. The van der Waals surface area contributed by atoms with E-state index in [0.717, 1.165) is 48.8 Å². The number of ether oxygens (including phenoxy) is 1. The molecule has 2 heterocycles. The van der Waals surface area contributed by atoms with Gasteiger partial charge in [0, 0.05) is 41.2 Å². The molecule has 0 unspecified atom stereocenters. The van der Waals surface area contributed by atoms with Crippen molar-refractivity contribution in [2.75, 3.05) is 20.1 Å². The van der Waals surface area contributed by atoms with E-state index in [2.05, 4.69) is 51.1 Å². The minimum atomic E-state index is -2.07. The smallest absolute Gasteiger partial charge is 0.250 e. The van der Waals surface area contributed by atoms with Crippen LogP contribution in [0.25, 0.3) is 0 Å². The van der Waals surface area contributed by atoms with Gasteiger partial charge in [0.05, 0.1) is 0 Å². The molecule has 5 nitrogen and oxygen atoms in total. The molecular weight excluding hydrogens is 428 g/mol. The Labute approximate surface area is 200 Å². The second-order valence-electron chi connectivity index (χ2n) is 13.1. The number of phenolic OH excluding ortho intramolecular Hbond substituents is 1. The highest BCUT2D eigenvalue weighted by atomic mass is 28.4. The zero-order valence-corrected chi connectivity index (χ0v) is 22.3. The highest BCUT2D eigenvalue weighted by molar-refractivity contribution is 6.74. The number of likely N-dealkylation sites (tertiary alicyclic amines) is 1. The summed E-state index contributed by atoms with van der Waals surface area (Å²) >= 11 is 0. The van der Waals surface area contributed by atoms with Gasteiger partial charge in [0.25, 0.3) is 8.32 Å². The maximum Gasteiger partial charge on any atom is 0.250 e. The molecule has 3 aliphatic carbocycles. The average molecular weight is 471 g/mol. The molecule has 1 aromatic carbocycles. The summed E-state index contributed by atoms with van der Waals surface area (Å²) in [7, 11) is 0.0118. The first kappa shape index (κ1) is 22.2. The Morgan fingerprint density at radius 2 is 2.00 bits per heavy atom. The second-order valence-corrected chi connectivity index (χ2v) is 17.8. The summed E-state index contributed by atoms with van der Waals surface area (Å²) in [6.07, 6.45) is 7.41. The molecule has 33 heavy (non-hydrogen) atoms. The van der Waals surface area contributed by atoms with Crippen molar-refractivity contribution in [1.82, 2.24) is 10.2 Å². The second kappa shape index (κ2) is 7.14. The molecule has 182 valence electrons. The summed E-state index contributed by atoms with van der Waals surface area (Å²) in [6.45, 7) is 13.8. The van der Waals surface area contributed by atoms with Crippen LogP contribution in [0.15, 0.2) is 6.07 Å². The van der Waals surface area contributed by atoms with Crippen LogP contribution < -0.4 is 14.5 Å². The van der Waals surface area contributed by atoms with Crippen molar-refractivity contribution in [3.05, 3.63) is 17.2 Å². The number of nitrogens with one attached hydrogen (secondary N) is 1. The SMILES string of the molecule is CN[C@H]1CC[C@H]2[C@H]3Cc4c(O)cc(O[Si](C)(C)C(C)(C)C)c5c4[C@@]2(CCN3CC2CC2)[C@H]1O5.